The first-order valence-electron chi connectivity index (χ1n) is 9.70. The molecule has 1 aliphatic heterocycles. The topological polar surface area (TPSA) is 84.1 Å². The Kier molecular flexibility index (Phi) is 6.68. The number of carbonyl (C=O) groups excluding carboxylic acids is 1. The SMILES string of the molecule is Cn1nnnc1CCCCN1C(=O)CC[C@@H]1/C=C/C(O)C(F)(F)c1ccccc1. The molecule has 2 atom stereocenters. The molecule has 0 saturated carbocycles. The average Bonchev–Trinajstić information content (AvgIpc) is 3.29. The van der Waals surface area contributed by atoms with Crippen LogP contribution in [0.1, 0.15) is 37.1 Å². The average molecular weight is 405 g/mol. The molecule has 0 spiro atoms. The van der Waals surface area contributed by atoms with Gasteiger partial charge in [0.05, 0.1) is 6.04 Å². The molecule has 1 amide bonds. The van der Waals surface area contributed by atoms with Crippen LogP contribution in [0.4, 0.5) is 8.78 Å². The van der Waals surface area contributed by atoms with Gasteiger partial charge in [-0.2, -0.15) is 8.78 Å². The zero-order valence-corrected chi connectivity index (χ0v) is 16.3. The molecule has 3 rings (SSSR count). The number of nitrogens with zero attached hydrogens (tertiary/aromatic N) is 5. The van der Waals surface area contributed by atoms with Crippen molar-refractivity contribution in [2.45, 2.75) is 50.2 Å². The number of aliphatic hydroxyl groups is 1. The van der Waals surface area contributed by atoms with Crippen molar-refractivity contribution in [2.75, 3.05) is 6.54 Å². The molecule has 1 aromatic heterocycles. The van der Waals surface area contributed by atoms with Crippen LogP contribution in [0.2, 0.25) is 0 Å². The minimum atomic E-state index is -3.39. The van der Waals surface area contributed by atoms with E-state index in [-0.39, 0.29) is 17.5 Å². The summed E-state index contributed by atoms with van der Waals surface area (Å²) >= 11 is 0. The number of aryl methyl sites for hydroxylation is 2. The maximum absolute atomic E-state index is 14.4. The van der Waals surface area contributed by atoms with Gasteiger partial charge in [0.2, 0.25) is 5.91 Å². The van der Waals surface area contributed by atoms with Gasteiger partial charge in [0.1, 0.15) is 6.10 Å². The number of alkyl halides is 2. The number of amides is 1. The monoisotopic (exact) mass is 405 g/mol. The summed E-state index contributed by atoms with van der Waals surface area (Å²) in [5.41, 5.74) is -0.241. The van der Waals surface area contributed by atoms with Crippen molar-refractivity contribution in [1.82, 2.24) is 25.1 Å². The van der Waals surface area contributed by atoms with E-state index in [0.717, 1.165) is 24.7 Å². The van der Waals surface area contributed by atoms with E-state index in [1.54, 1.807) is 22.7 Å². The zero-order chi connectivity index (χ0) is 20.9. The van der Waals surface area contributed by atoms with E-state index < -0.39 is 12.0 Å². The third-order valence-corrected chi connectivity index (χ3v) is 5.18. The number of unbranched alkanes of at least 4 members (excludes halogenated alkanes) is 1. The molecule has 2 heterocycles. The number of aliphatic hydroxyl groups excluding tert-OH is 1. The summed E-state index contributed by atoms with van der Waals surface area (Å²) in [6, 6.07) is 6.96. The van der Waals surface area contributed by atoms with Gasteiger partial charge in [-0.1, -0.05) is 42.5 Å². The van der Waals surface area contributed by atoms with E-state index in [9.17, 15) is 18.7 Å². The van der Waals surface area contributed by atoms with Crippen molar-refractivity contribution in [1.29, 1.82) is 0 Å². The molecule has 9 heteroatoms. The quantitative estimate of drug-likeness (QED) is 0.511. The highest BCUT2D eigenvalue weighted by molar-refractivity contribution is 5.79. The minimum absolute atomic E-state index is 0.00397. The highest BCUT2D eigenvalue weighted by Gasteiger charge is 2.39. The van der Waals surface area contributed by atoms with E-state index in [1.807, 2.05) is 0 Å². The summed E-state index contributed by atoms with van der Waals surface area (Å²) in [4.78, 5) is 13.9. The van der Waals surface area contributed by atoms with Crippen LogP contribution in [-0.2, 0) is 24.2 Å². The van der Waals surface area contributed by atoms with Crippen molar-refractivity contribution in [3.05, 3.63) is 53.9 Å². The lowest BCUT2D eigenvalue weighted by molar-refractivity contribution is -0.128. The van der Waals surface area contributed by atoms with Gasteiger partial charge in [0, 0.05) is 32.0 Å². The third kappa shape index (κ3) is 5.03. The van der Waals surface area contributed by atoms with Crippen LogP contribution >= 0.6 is 0 Å². The number of likely N-dealkylation sites (tertiary alicyclic amines) is 1. The number of tetrazole rings is 1. The predicted octanol–water partition coefficient (Wildman–Crippen LogP) is 2.23. The van der Waals surface area contributed by atoms with Gasteiger partial charge >= 0.3 is 5.92 Å². The van der Waals surface area contributed by atoms with Gasteiger partial charge in [-0.15, -0.1) is 5.10 Å². The van der Waals surface area contributed by atoms with Crippen LogP contribution in [0.25, 0.3) is 0 Å². The van der Waals surface area contributed by atoms with Crippen molar-refractivity contribution in [3.8, 4) is 0 Å². The van der Waals surface area contributed by atoms with Crippen molar-refractivity contribution >= 4 is 5.91 Å². The van der Waals surface area contributed by atoms with E-state index in [1.165, 1.54) is 30.3 Å². The van der Waals surface area contributed by atoms with E-state index in [4.69, 9.17) is 0 Å². The highest BCUT2D eigenvalue weighted by atomic mass is 19.3. The van der Waals surface area contributed by atoms with Crippen molar-refractivity contribution in [2.24, 2.45) is 7.05 Å². The Morgan fingerprint density at radius 1 is 1.31 bits per heavy atom. The molecule has 156 valence electrons. The lowest BCUT2D eigenvalue weighted by atomic mass is 10.0. The van der Waals surface area contributed by atoms with Crippen LogP contribution in [0.5, 0.6) is 0 Å². The lowest BCUT2D eigenvalue weighted by Gasteiger charge is -2.24. The van der Waals surface area contributed by atoms with E-state index in [0.29, 0.717) is 25.8 Å². The molecule has 1 N–H and O–H groups in total. The molecule has 1 aromatic carbocycles. The number of rotatable bonds is 9. The molecular weight excluding hydrogens is 380 g/mol. The van der Waals surface area contributed by atoms with Crippen LogP contribution in [-0.4, -0.2) is 54.8 Å². The molecule has 1 unspecified atom stereocenters. The molecule has 0 bridgehead atoms. The first kappa shape index (κ1) is 21.0. The Morgan fingerprint density at radius 3 is 2.76 bits per heavy atom. The normalized spacial score (nSPS) is 18.7. The van der Waals surface area contributed by atoms with Gasteiger partial charge in [-0.3, -0.25) is 4.79 Å². The molecule has 7 nitrogen and oxygen atoms in total. The Labute approximate surface area is 168 Å². The minimum Gasteiger partial charge on any atom is -0.382 e. The van der Waals surface area contributed by atoms with Crippen molar-refractivity contribution < 1.29 is 18.7 Å². The second-order valence-electron chi connectivity index (χ2n) is 7.19. The number of hydrogen-bond donors (Lipinski definition) is 1. The molecule has 1 saturated heterocycles. The summed E-state index contributed by atoms with van der Waals surface area (Å²) in [7, 11) is 1.77. The number of aromatic nitrogens is 4. The Hall–Kier alpha value is -2.68. The van der Waals surface area contributed by atoms with Gasteiger partial charge in [0.25, 0.3) is 0 Å². The van der Waals surface area contributed by atoms with Gasteiger partial charge in [-0.25, -0.2) is 4.68 Å². The van der Waals surface area contributed by atoms with Gasteiger partial charge in [0.15, 0.2) is 5.82 Å². The first-order valence-corrected chi connectivity index (χ1v) is 9.70. The molecule has 1 fully saturated rings. The lowest BCUT2D eigenvalue weighted by Crippen LogP contribution is -2.34. The fourth-order valence-electron chi connectivity index (χ4n) is 3.46. The molecule has 0 radical (unpaired) electrons. The molecule has 2 aromatic rings. The molecule has 29 heavy (non-hydrogen) atoms. The van der Waals surface area contributed by atoms with E-state index >= 15 is 0 Å². The predicted molar refractivity (Wildman–Crippen MR) is 102 cm³/mol. The number of benzene rings is 1. The van der Waals surface area contributed by atoms with Crippen LogP contribution in [0, 0.1) is 0 Å². The molecule has 0 aliphatic carbocycles. The standard InChI is InChI=1S/C20H25F2N5O2/c1-26-18(23-24-25-26)9-5-6-14-27-16(11-13-19(27)29)10-12-17(28)20(21,22)15-7-3-2-4-8-15/h2-4,7-8,10,12,16-17,28H,5-6,9,11,13-14H2,1H3/b12-10+/t16-,17?/m0/s1. The number of carbonyl (C=O) groups is 1. The second-order valence-corrected chi connectivity index (χ2v) is 7.19. The largest absolute Gasteiger partial charge is 0.382 e. The van der Waals surface area contributed by atoms with E-state index in [2.05, 4.69) is 15.5 Å². The fourth-order valence-corrected chi connectivity index (χ4v) is 3.46. The molecular formula is C20H25F2N5O2. The maximum Gasteiger partial charge on any atom is 0.302 e. The highest BCUT2D eigenvalue weighted by Crippen LogP contribution is 2.32. The van der Waals surface area contributed by atoms with Crippen molar-refractivity contribution in [3.63, 3.8) is 0 Å². The maximum atomic E-state index is 14.4. The first-order chi connectivity index (χ1) is 13.9. The summed E-state index contributed by atoms with van der Waals surface area (Å²) in [5.74, 6) is -2.61. The summed E-state index contributed by atoms with van der Waals surface area (Å²) in [6.07, 6.45) is 3.89. The fraction of sp³-hybridized carbons (Fsp3) is 0.500. The van der Waals surface area contributed by atoms with Crippen LogP contribution < -0.4 is 0 Å². The smallest absolute Gasteiger partial charge is 0.302 e. The van der Waals surface area contributed by atoms with Crippen LogP contribution in [0.15, 0.2) is 42.5 Å². The Bertz CT molecular complexity index is 840. The number of hydrogen-bond acceptors (Lipinski definition) is 5. The Morgan fingerprint density at radius 2 is 2.07 bits per heavy atom. The van der Waals surface area contributed by atoms with Gasteiger partial charge in [-0.05, 0) is 29.7 Å². The second kappa shape index (κ2) is 9.21. The summed E-state index contributed by atoms with van der Waals surface area (Å²) < 4.78 is 30.4. The molecule has 1 aliphatic rings. The summed E-state index contributed by atoms with van der Waals surface area (Å²) in [6.45, 7) is 0.532. The van der Waals surface area contributed by atoms with Crippen LogP contribution in [0.3, 0.4) is 0 Å². The number of halogens is 2. The summed E-state index contributed by atoms with van der Waals surface area (Å²) in [5, 5.41) is 21.3. The third-order valence-electron chi connectivity index (χ3n) is 5.18. The zero-order valence-electron chi connectivity index (χ0n) is 16.3. The van der Waals surface area contributed by atoms with Gasteiger partial charge < -0.3 is 10.0 Å². The Balaban J connectivity index is 1.54.